The molecule has 2 N–H and O–H groups in total. The highest BCUT2D eigenvalue weighted by Gasteiger charge is 2.31. The fourth-order valence-corrected chi connectivity index (χ4v) is 2.57. The Labute approximate surface area is 162 Å². The van der Waals surface area contributed by atoms with E-state index in [0.717, 1.165) is 17.7 Å². The van der Waals surface area contributed by atoms with Gasteiger partial charge < -0.3 is 5.32 Å². The van der Waals surface area contributed by atoms with Crippen LogP contribution in [0, 0.1) is 0 Å². The Morgan fingerprint density at radius 3 is 2.46 bits per heavy atom. The molecular formula is C20H24F3N3O2. The normalized spacial score (nSPS) is 15.8. The van der Waals surface area contributed by atoms with Crippen molar-refractivity contribution in [1.82, 2.24) is 10.4 Å². The van der Waals surface area contributed by atoms with Crippen molar-refractivity contribution in [2.45, 2.75) is 33.5 Å². The maximum absolute atomic E-state index is 12.8. The van der Waals surface area contributed by atoms with Crippen LogP contribution in [0.1, 0.15) is 31.9 Å². The highest BCUT2D eigenvalue weighted by molar-refractivity contribution is 6.15. The zero-order valence-corrected chi connectivity index (χ0v) is 16.1. The zero-order valence-electron chi connectivity index (χ0n) is 16.1. The number of amidine groups is 1. The third kappa shape index (κ3) is 5.56. The van der Waals surface area contributed by atoms with Gasteiger partial charge in [-0.05, 0) is 38.5 Å². The van der Waals surface area contributed by atoms with Gasteiger partial charge in [0, 0.05) is 24.7 Å². The van der Waals surface area contributed by atoms with E-state index < -0.39 is 17.6 Å². The van der Waals surface area contributed by atoms with Crippen LogP contribution in [0.2, 0.25) is 0 Å². The van der Waals surface area contributed by atoms with Gasteiger partial charge in [0.15, 0.2) is 5.84 Å². The van der Waals surface area contributed by atoms with Gasteiger partial charge in [-0.15, -0.1) is 13.2 Å². The summed E-state index contributed by atoms with van der Waals surface area (Å²) in [6, 6.07) is 4.96. The average molecular weight is 395 g/mol. The Kier molecular flexibility index (Phi) is 8.18. The number of aliphatic imine (C=N–C) groups is 1. The fourth-order valence-electron chi connectivity index (χ4n) is 2.57. The van der Waals surface area contributed by atoms with Crippen LogP contribution in [0.4, 0.5) is 13.2 Å². The zero-order chi connectivity index (χ0) is 21.5. The number of nitrogens with zero attached hydrogens (tertiary/aromatic N) is 2. The summed E-state index contributed by atoms with van der Waals surface area (Å²) in [7, 11) is 0. The molecule has 152 valence electrons. The molecule has 2 rings (SSSR count). The minimum atomic E-state index is -4.42. The molecule has 0 saturated heterocycles. The Morgan fingerprint density at radius 1 is 1.29 bits per heavy atom. The van der Waals surface area contributed by atoms with E-state index in [1.165, 1.54) is 12.1 Å². The molecule has 1 aliphatic rings. The van der Waals surface area contributed by atoms with Gasteiger partial charge in [0.2, 0.25) is 0 Å². The number of halogens is 3. The molecule has 0 fully saturated rings. The molecule has 0 atom stereocenters. The summed E-state index contributed by atoms with van der Waals surface area (Å²) in [5.74, 6) is -0.555. The van der Waals surface area contributed by atoms with Crippen LogP contribution in [0.5, 0.6) is 0 Å². The number of benzene rings is 1. The van der Waals surface area contributed by atoms with Crippen LogP contribution < -0.4 is 5.32 Å². The van der Waals surface area contributed by atoms with Gasteiger partial charge in [0.05, 0.1) is 11.3 Å². The highest BCUT2D eigenvalue weighted by atomic mass is 19.4. The Morgan fingerprint density at radius 2 is 1.93 bits per heavy atom. The second kappa shape index (κ2) is 9.89. The van der Waals surface area contributed by atoms with Crippen LogP contribution in [0.25, 0.3) is 0 Å². The summed E-state index contributed by atoms with van der Waals surface area (Å²) < 4.78 is 38.5. The van der Waals surface area contributed by atoms with E-state index in [0.29, 0.717) is 28.4 Å². The van der Waals surface area contributed by atoms with Crippen molar-refractivity contribution in [1.29, 1.82) is 0 Å². The highest BCUT2D eigenvalue weighted by Crippen LogP contribution is 2.29. The largest absolute Gasteiger partial charge is 0.416 e. The third-order valence-electron chi connectivity index (χ3n) is 3.72. The number of carbonyl (C=O) groups excluding carboxylic acids is 1. The van der Waals surface area contributed by atoms with Crippen molar-refractivity contribution >= 4 is 11.7 Å². The summed E-state index contributed by atoms with van der Waals surface area (Å²) in [5.41, 5.74) is 1.43. The molecular weight excluding hydrogens is 371 g/mol. The summed E-state index contributed by atoms with van der Waals surface area (Å²) in [6.07, 6.45) is -3.22. The number of allylic oxidation sites excluding steroid dienone is 1. The lowest BCUT2D eigenvalue weighted by molar-refractivity contribution is -0.143. The second-order valence-electron chi connectivity index (χ2n) is 5.93. The minimum Gasteiger partial charge on any atom is -0.380 e. The van der Waals surface area contributed by atoms with Gasteiger partial charge >= 0.3 is 6.18 Å². The molecule has 0 unspecified atom stereocenters. The predicted molar refractivity (Wildman–Crippen MR) is 103 cm³/mol. The lowest BCUT2D eigenvalue weighted by atomic mass is 10.0. The number of hydrogen-bond donors (Lipinski definition) is 2. The number of hydrogen-bond acceptors (Lipinski definition) is 4. The quantitative estimate of drug-likeness (QED) is 0.584. The van der Waals surface area contributed by atoms with E-state index in [9.17, 15) is 23.2 Å². The molecule has 1 aromatic carbocycles. The van der Waals surface area contributed by atoms with E-state index in [2.05, 4.69) is 23.5 Å². The van der Waals surface area contributed by atoms with Crippen LogP contribution in [0.3, 0.4) is 0 Å². The molecule has 0 aromatic heterocycles. The van der Waals surface area contributed by atoms with E-state index in [1.807, 2.05) is 0 Å². The van der Waals surface area contributed by atoms with E-state index in [-0.39, 0.29) is 12.4 Å². The molecule has 28 heavy (non-hydrogen) atoms. The third-order valence-corrected chi connectivity index (χ3v) is 3.72. The molecule has 1 heterocycles. The predicted octanol–water partition coefficient (Wildman–Crippen LogP) is 4.47. The molecule has 8 heteroatoms. The van der Waals surface area contributed by atoms with Gasteiger partial charge in [-0.2, -0.15) is 18.2 Å². The van der Waals surface area contributed by atoms with Crippen molar-refractivity contribution in [3.63, 3.8) is 0 Å². The first kappa shape index (κ1) is 23.2. The number of alkyl halides is 3. The Bertz CT molecular complexity index is 807. The van der Waals surface area contributed by atoms with Crippen LogP contribution in [-0.2, 0) is 17.5 Å². The van der Waals surface area contributed by atoms with Crippen molar-refractivity contribution in [3.05, 3.63) is 71.5 Å². The van der Waals surface area contributed by atoms with Gasteiger partial charge in [-0.25, -0.2) is 0 Å². The van der Waals surface area contributed by atoms with E-state index in [4.69, 9.17) is 0 Å². The van der Waals surface area contributed by atoms with Crippen molar-refractivity contribution in [2.24, 2.45) is 4.99 Å². The lowest BCUT2D eigenvalue weighted by Crippen LogP contribution is -2.41. The average Bonchev–Trinajstić information content (AvgIpc) is 2.65. The Balaban J connectivity index is 0.00000190. The number of amides is 1. The standard InChI is InChI=1S/C18H20F3N3O2.C2H4/c1-4-22-17-16(11(2)3)14(9-15(25)24(17)26)23-10-12-6-5-7-13(8-12)18(19,20)21;1-2/h5-9,23,26H,4,10H2,1-3H3;1-2H2. The fraction of sp³-hybridized carbons (Fsp3) is 0.300. The van der Waals surface area contributed by atoms with Gasteiger partial charge in [-0.3, -0.25) is 15.0 Å². The van der Waals surface area contributed by atoms with E-state index in [1.54, 1.807) is 26.8 Å². The minimum absolute atomic E-state index is 0.0879. The van der Waals surface area contributed by atoms with Gasteiger partial charge in [-0.1, -0.05) is 17.7 Å². The van der Waals surface area contributed by atoms with Gasteiger partial charge in [0.25, 0.3) is 5.91 Å². The molecule has 0 saturated carbocycles. The van der Waals surface area contributed by atoms with Crippen molar-refractivity contribution < 1.29 is 23.2 Å². The van der Waals surface area contributed by atoms with Gasteiger partial charge in [0.1, 0.15) is 0 Å². The smallest absolute Gasteiger partial charge is 0.380 e. The molecule has 1 aromatic rings. The summed E-state index contributed by atoms with van der Waals surface area (Å²) >= 11 is 0. The Hall–Kier alpha value is -2.87. The molecule has 0 radical (unpaired) electrons. The van der Waals surface area contributed by atoms with E-state index >= 15 is 0 Å². The monoisotopic (exact) mass is 395 g/mol. The van der Waals surface area contributed by atoms with Crippen LogP contribution >= 0.6 is 0 Å². The molecule has 0 aliphatic carbocycles. The lowest BCUT2D eigenvalue weighted by Gasteiger charge is -2.27. The SMILES string of the molecule is C=C.CCN=C1C(=C(C)C)C(NCc2cccc(C(F)(F)F)c2)=CC(=O)N1O. The number of rotatable bonds is 4. The first-order valence-electron chi connectivity index (χ1n) is 8.52. The number of nitrogens with one attached hydrogen (secondary N) is 1. The molecule has 1 amide bonds. The maximum atomic E-state index is 12.8. The molecule has 0 bridgehead atoms. The molecule has 1 aliphatic heterocycles. The number of carbonyl (C=O) groups is 1. The molecule has 0 spiro atoms. The van der Waals surface area contributed by atoms with Crippen molar-refractivity contribution in [3.8, 4) is 0 Å². The summed E-state index contributed by atoms with van der Waals surface area (Å²) in [5, 5.41) is 13.4. The number of hydroxylamine groups is 2. The topological polar surface area (TPSA) is 64.9 Å². The maximum Gasteiger partial charge on any atom is 0.416 e. The molecule has 5 nitrogen and oxygen atoms in total. The van der Waals surface area contributed by atoms with Crippen molar-refractivity contribution in [2.75, 3.05) is 6.54 Å². The van der Waals surface area contributed by atoms with Crippen LogP contribution in [0.15, 0.2) is 65.3 Å². The summed E-state index contributed by atoms with van der Waals surface area (Å²) in [4.78, 5) is 16.1. The first-order chi connectivity index (χ1) is 13.1. The first-order valence-corrected chi connectivity index (χ1v) is 8.52. The van der Waals surface area contributed by atoms with Crippen LogP contribution in [-0.4, -0.2) is 28.6 Å². The second-order valence-corrected chi connectivity index (χ2v) is 5.93. The summed E-state index contributed by atoms with van der Waals surface area (Å²) in [6.45, 7) is 11.8.